The quantitative estimate of drug-likeness (QED) is 0.351. The van der Waals surface area contributed by atoms with Crippen LogP contribution in [-0.2, 0) is 11.2 Å². The number of benzene rings is 3. The van der Waals surface area contributed by atoms with E-state index in [1.54, 1.807) is 12.1 Å². The van der Waals surface area contributed by atoms with E-state index in [2.05, 4.69) is 41.0 Å². The van der Waals surface area contributed by atoms with Crippen LogP contribution in [0.2, 0.25) is 0 Å². The lowest BCUT2D eigenvalue weighted by Crippen LogP contribution is -2.42. The molecule has 5 rings (SSSR count). The molecule has 0 bridgehead atoms. The Morgan fingerprint density at radius 3 is 2.49 bits per heavy atom. The Morgan fingerprint density at radius 2 is 1.73 bits per heavy atom. The Kier molecular flexibility index (Phi) is 7.85. The Hall–Kier alpha value is -3.64. The molecule has 3 unspecified atom stereocenters. The fourth-order valence-electron chi connectivity index (χ4n) is 5.26. The lowest BCUT2D eigenvalue weighted by Gasteiger charge is -2.32. The number of likely N-dealkylation sites (tertiary alicyclic amines) is 1. The predicted molar refractivity (Wildman–Crippen MR) is 148 cm³/mol. The van der Waals surface area contributed by atoms with Gasteiger partial charge in [-0.05, 0) is 73.5 Å². The summed E-state index contributed by atoms with van der Waals surface area (Å²) < 4.78 is 0. The van der Waals surface area contributed by atoms with E-state index in [0.29, 0.717) is 41.2 Å². The van der Waals surface area contributed by atoms with Crippen LogP contribution in [0.5, 0.6) is 0 Å². The summed E-state index contributed by atoms with van der Waals surface area (Å²) in [6, 6.07) is 26.2. The molecule has 0 radical (unpaired) electrons. The number of anilines is 2. The van der Waals surface area contributed by atoms with Gasteiger partial charge in [0.05, 0.1) is 11.4 Å². The Bertz CT molecular complexity index is 1210. The number of rotatable bonds is 10. The van der Waals surface area contributed by atoms with Crippen LogP contribution in [0.3, 0.4) is 0 Å². The number of carbonyl (C=O) groups is 2. The van der Waals surface area contributed by atoms with Gasteiger partial charge in [-0.3, -0.25) is 9.59 Å². The van der Waals surface area contributed by atoms with Crippen molar-refractivity contribution in [3.8, 4) is 0 Å². The maximum atomic E-state index is 12.7. The van der Waals surface area contributed by atoms with Crippen molar-refractivity contribution in [3.63, 3.8) is 0 Å². The summed E-state index contributed by atoms with van der Waals surface area (Å²) in [5.41, 5.74) is 10.3. The molecule has 1 saturated heterocycles. The first-order valence-corrected chi connectivity index (χ1v) is 13.4. The maximum Gasteiger partial charge on any atom is 0.255 e. The second-order valence-electron chi connectivity index (χ2n) is 10.3. The molecule has 1 saturated carbocycles. The number of nitrogens with two attached hydrogens (primary N) is 1. The Morgan fingerprint density at radius 1 is 0.973 bits per heavy atom. The van der Waals surface area contributed by atoms with Crippen molar-refractivity contribution in [1.29, 1.82) is 0 Å². The summed E-state index contributed by atoms with van der Waals surface area (Å²) in [5.74, 6) is 1.17. The molecular formula is C31H36N4O2. The second-order valence-corrected chi connectivity index (χ2v) is 10.3. The highest BCUT2D eigenvalue weighted by Crippen LogP contribution is 2.40. The number of aryl methyl sites for hydroxylation is 1. The molecule has 37 heavy (non-hydrogen) atoms. The van der Waals surface area contributed by atoms with Crippen molar-refractivity contribution in [2.45, 2.75) is 44.1 Å². The molecule has 0 spiro atoms. The minimum atomic E-state index is -0.176. The third-order valence-corrected chi connectivity index (χ3v) is 7.63. The molecule has 6 nitrogen and oxygen atoms in total. The normalized spacial score (nSPS) is 21.0. The molecular weight excluding hydrogens is 460 g/mol. The first-order valence-electron chi connectivity index (χ1n) is 13.4. The molecule has 4 N–H and O–H groups in total. The lowest BCUT2D eigenvalue weighted by molar-refractivity contribution is -0.135. The predicted octanol–water partition coefficient (Wildman–Crippen LogP) is 4.84. The summed E-state index contributed by atoms with van der Waals surface area (Å²) in [7, 11) is 0. The fraction of sp³-hybridized carbons (Fsp3) is 0.355. The van der Waals surface area contributed by atoms with Gasteiger partial charge in [0.1, 0.15) is 0 Å². The van der Waals surface area contributed by atoms with Gasteiger partial charge in [0.25, 0.3) is 5.91 Å². The van der Waals surface area contributed by atoms with Crippen LogP contribution < -0.4 is 16.4 Å². The monoisotopic (exact) mass is 496 g/mol. The van der Waals surface area contributed by atoms with Crippen molar-refractivity contribution >= 4 is 23.2 Å². The molecule has 2 amide bonds. The van der Waals surface area contributed by atoms with Crippen LogP contribution in [0.15, 0.2) is 78.9 Å². The lowest BCUT2D eigenvalue weighted by atomic mass is 9.95. The highest BCUT2D eigenvalue weighted by atomic mass is 16.2. The standard InChI is InChI=1S/C31H36N4O2/c32-27-10-4-5-11-28(27)34-31(37)25-14-12-22(13-15-25)7-6-17-35-18-16-23(19-30(35)36)21-33-29-20-26(29)24-8-2-1-3-9-24/h1-5,8-15,23,26,29,33H,6-7,16-21,32H2,(H,34,37). The highest BCUT2D eigenvalue weighted by Gasteiger charge is 2.38. The van der Waals surface area contributed by atoms with Crippen molar-refractivity contribution in [3.05, 3.63) is 95.6 Å². The van der Waals surface area contributed by atoms with Crippen LogP contribution in [0, 0.1) is 5.92 Å². The fourth-order valence-corrected chi connectivity index (χ4v) is 5.26. The minimum absolute atomic E-state index is 0.176. The topological polar surface area (TPSA) is 87.5 Å². The Balaban J connectivity index is 1.00. The summed E-state index contributed by atoms with van der Waals surface area (Å²) in [6.07, 6.45) is 4.71. The first kappa shape index (κ1) is 25.0. The van der Waals surface area contributed by atoms with Gasteiger partial charge in [-0.15, -0.1) is 0 Å². The average molecular weight is 497 g/mol. The largest absolute Gasteiger partial charge is 0.397 e. The molecule has 3 atom stereocenters. The van der Waals surface area contributed by atoms with Gasteiger partial charge in [0.15, 0.2) is 0 Å². The minimum Gasteiger partial charge on any atom is -0.397 e. The van der Waals surface area contributed by atoms with Gasteiger partial charge < -0.3 is 21.3 Å². The molecule has 0 aromatic heterocycles. The number of para-hydroxylation sites is 2. The number of amides is 2. The van der Waals surface area contributed by atoms with Crippen molar-refractivity contribution in [2.24, 2.45) is 5.92 Å². The number of nitrogens with zero attached hydrogens (tertiary/aromatic N) is 1. The third kappa shape index (κ3) is 6.57. The van der Waals surface area contributed by atoms with Crippen molar-refractivity contribution < 1.29 is 9.59 Å². The molecule has 1 aliphatic carbocycles. The number of hydrogen-bond acceptors (Lipinski definition) is 4. The summed E-state index contributed by atoms with van der Waals surface area (Å²) in [4.78, 5) is 27.3. The van der Waals surface area contributed by atoms with Crippen LogP contribution in [-0.4, -0.2) is 42.4 Å². The molecule has 1 aliphatic heterocycles. The number of carbonyl (C=O) groups excluding carboxylic acids is 2. The van der Waals surface area contributed by atoms with Crippen molar-refractivity contribution in [2.75, 3.05) is 30.7 Å². The van der Waals surface area contributed by atoms with Crippen molar-refractivity contribution in [1.82, 2.24) is 10.2 Å². The zero-order chi connectivity index (χ0) is 25.6. The maximum absolute atomic E-state index is 12.7. The third-order valence-electron chi connectivity index (χ3n) is 7.63. The van der Waals surface area contributed by atoms with E-state index in [-0.39, 0.29) is 11.8 Å². The Labute approximate surface area is 219 Å². The van der Waals surface area contributed by atoms with E-state index in [1.807, 2.05) is 41.3 Å². The van der Waals surface area contributed by atoms with Gasteiger partial charge in [0, 0.05) is 37.0 Å². The van der Waals surface area contributed by atoms with Crippen LogP contribution in [0.25, 0.3) is 0 Å². The highest BCUT2D eigenvalue weighted by molar-refractivity contribution is 6.05. The second kappa shape index (κ2) is 11.6. The summed E-state index contributed by atoms with van der Waals surface area (Å²) in [6.45, 7) is 2.57. The molecule has 6 heteroatoms. The van der Waals surface area contributed by atoms with E-state index in [9.17, 15) is 9.59 Å². The number of nitrogen functional groups attached to an aromatic ring is 1. The van der Waals surface area contributed by atoms with E-state index in [1.165, 1.54) is 17.5 Å². The van der Waals surface area contributed by atoms with E-state index in [0.717, 1.165) is 38.9 Å². The number of piperidine rings is 1. The van der Waals surface area contributed by atoms with Gasteiger partial charge >= 0.3 is 0 Å². The SMILES string of the molecule is Nc1ccccc1NC(=O)c1ccc(CCCN2CCC(CNC3CC3c3ccccc3)CC2=O)cc1. The van der Waals surface area contributed by atoms with E-state index < -0.39 is 0 Å². The van der Waals surface area contributed by atoms with E-state index in [4.69, 9.17) is 5.73 Å². The molecule has 3 aromatic rings. The summed E-state index contributed by atoms with van der Waals surface area (Å²) >= 11 is 0. The smallest absolute Gasteiger partial charge is 0.255 e. The van der Waals surface area contributed by atoms with Gasteiger partial charge in [-0.2, -0.15) is 0 Å². The zero-order valence-corrected chi connectivity index (χ0v) is 21.2. The van der Waals surface area contributed by atoms with Gasteiger partial charge in [0.2, 0.25) is 5.91 Å². The summed E-state index contributed by atoms with van der Waals surface area (Å²) in [5, 5.41) is 6.55. The molecule has 192 valence electrons. The molecule has 1 heterocycles. The molecule has 3 aromatic carbocycles. The van der Waals surface area contributed by atoms with Gasteiger partial charge in [-0.25, -0.2) is 0 Å². The first-order chi connectivity index (χ1) is 18.1. The molecule has 2 aliphatic rings. The van der Waals surface area contributed by atoms with Gasteiger partial charge in [-0.1, -0.05) is 54.6 Å². The zero-order valence-electron chi connectivity index (χ0n) is 21.2. The number of hydrogen-bond donors (Lipinski definition) is 3. The van der Waals surface area contributed by atoms with Crippen LogP contribution >= 0.6 is 0 Å². The molecule has 2 fully saturated rings. The average Bonchev–Trinajstić information content (AvgIpc) is 3.71. The van der Waals surface area contributed by atoms with Crippen LogP contribution in [0.1, 0.15) is 53.1 Å². The van der Waals surface area contributed by atoms with E-state index >= 15 is 0 Å². The van der Waals surface area contributed by atoms with Crippen LogP contribution in [0.4, 0.5) is 11.4 Å². The number of nitrogens with one attached hydrogen (secondary N) is 2.